The van der Waals surface area contributed by atoms with Gasteiger partial charge in [-0.1, -0.05) is 183 Å². The molecule has 1 unspecified atom stereocenters. The van der Waals surface area contributed by atoms with Crippen molar-refractivity contribution < 1.29 is 4.42 Å². The molecule has 0 saturated carbocycles. The van der Waals surface area contributed by atoms with Crippen LogP contribution in [0, 0.1) is 0 Å². The molecule has 71 heavy (non-hydrogen) atoms. The summed E-state index contributed by atoms with van der Waals surface area (Å²) in [4.78, 5) is 2.73. The van der Waals surface area contributed by atoms with Crippen LogP contribution in [0.25, 0.3) is 82.8 Å². The van der Waals surface area contributed by atoms with Crippen molar-refractivity contribution in [3.05, 3.63) is 192 Å². The Labute approximate surface area is 417 Å². The van der Waals surface area contributed by atoms with Crippen LogP contribution in [0.15, 0.2) is 174 Å². The summed E-state index contributed by atoms with van der Waals surface area (Å²) in [6.07, 6.45) is 0. The van der Waals surface area contributed by atoms with E-state index in [9.17, 15) is 0 Å². The first kappa shape index (κ1) is 41.4. The van der Waals surface area contributed by atoms with E-state index < -0.39 is 8.07 Å². The molecule has 5 heterocycles. The SMILES string of the molecule is CC(C)(C)c1ccc(N2B3c4cc5c(cc4-n4c6ccc(C(C)(C)C)cc6c6c7c(c(c3c64)-c3cc4oc6ccccc6c4cc32)-c2ccccc2[Si]7(C)c2ccccc2)C(C)(C)c2ccccc2-5)cc1. The molecule has 3 nitrogen and oxygen atoms in total. The standard InChI is InChI=1S/C66H55BN2OSi/c1-64(2,3)38-27-30-40(31-28-38)69-53-35-46-43-22-14-17-25-55(43)70-56(46)36-48(53)58-59-44-23-15-18-26-57(44)71(9,41-19-11-10-12-20-41)63(59)60-47-33-39(65(4,5)6)29-32-52(47)68-54-37-50-45(34-51(54)67(69)61(58)62(60)68)42-21-13-16-24-49(42)66(50,7)8/h10-37H,1-9H3. The molecule has 0 N–H and O–H groups in total. The van der Waals surface area contributed by atoms with Crippen LogP contribution in [0.4, 0.5) is 11.4 Å². The third kappa shape index (κ3) is 5.20. The predicted molar refractivity (Wildman–Crippen MR) is 304 cm³/mol. The van der Waals surface area contributed by atoms with Crippen LogP contribution < -0.4 is 31.3 Å². The highest BCUT2D eigenvalue weighted by Gasteiger charge is 2.53. The van der Waals surface area contributed by atoms with E-state index in [0.717, 1.165) is 21.9 Å². The quantitative estimate of drug-likeness (QED) is 0.161. The fourth-order valence-corrected chi connectivity index (χ4v) is 18.4. The van der Waals surface area contributed by atoms with Crippen molar-refractivity contribution >= 4 is 96.5 Å². The Kier molecular flexibility index (Phi) is 7.90. The summed E-state index contributed by atoms with van der Waals surface area (Å²) in [5.41, 5.74) is 24.1. The first-order valence-electron chi connectivity index (χ1n) is 25.6. The van der Waals surface area contributed by atoms with E-state index >= 15 is 0 Å². The highest BCUT2D eigenvalue weighted by molar-refractivity contribution is 7.15. The fraction of sp³-hybridized carbons (Fsp3) is 0.182. The molecular weight excluding hydrogens is 876 g/mol. The minimum Gasteiger partial charge on any atom is -0.456 e. The summed E-state index contributed by atoms with van der Waals surface area (Å²) in [5, 5.41) is 9.52. The van der Waals surface area contributed by atoms with Crippen LogP contribution in [0.3, 0.4) is 0 Å². The minimum atomic E-state index is -2.72. The Morgan fingerprint density at radius 1 is 0.535 bits per heavy atom. The zero-order valence-electron chi connectivity index (χ0n) is 42.0. The van der Waals surface area contributed by atoms with Crippen LogP contribution in [0.1, 0.15) is 77.6 Å². The van der Waals surface area contributed by atoms with Crippen molar-refractivity contribution in [2.75, 3.05) is 4.81 Å². The summed E-state index contributed by atoms with van der Waals surface area (Å²) >= 11 is 0. The summed E-state index contributed by atoms with van der Waals surface area (Å²) in [7, 11) is -2.72. The molecule has 0 bridgehead atoms. The highest BCUT2D eigenvalue weighted by atomic mass is 28.3. The second-order valence-electron chi connectivity index (χ2n) is 23.8. The van der Waals surface area contributed by atoms with E-state index in [2.05, 4.69) is 241 Å². The molecule has 342 valence electrons. The number of para-hydroxylation sites is 1. The van der Waals surface area contributed by atoms with Crippen LogP contribution in [-0.4, -0.2) is 19.5 Å². The Morgan fingerprint density at radius 3 is 2.00 bits per heavy atom. The lowest BCUT2D eigenvalue weighted by molar-refractivity contribution is 0.590. The van der Waals surface area contributed by atoms with Gasteiger partial charge in [-0.05, 0) is 136 Å². The number of furan rings is 1. The maximum absolute atomic E-state index is 6.92. The molecule has 0 spiro atoms. The van der Waals surface area contributed by atoms with Gasteiger partial charge in [-0.15, -0.1) is 0 Å². The zero-order valence-corrected chi connectivity index (χ0v) is 43.0. The van der Waals surface area contributed by atoms with Gasteiger partial charge in [0, 0.05) is 49.6 Å². The molecular formula is C66H55BN2OSi. The molecule has 11 aromatic rings. The van der Waals surface area contributed by atoms with Crippen LogP contribution in [-0.2, 0) is 16.2 Å². The predicted octanol–water partition coefficient (Wildman–Crippen LogP) is 13.9. The second kappa shape index (κ2) is 13.5. The number of hydrogen-bond acceptors (Lipinski definition) is 2. The first-order chi connectivity index (χ1) is 34.1. The third-order valence-corrected chi connectivity index (χ3v) is 22.0. The lowest BCUT2D eigenvalue weighted by Crippen LogP contribution is -2.64. The average Bonchev–Trinajstić information content (AvgIpc) is 4.06. The van der Waals surface area contributed by atoms with Crippen molar-refractivity contribution in [3.8, 4) is 39.1 Å². The van der Waals surface area contributed by atoms with Gasteiger partial charge in [-0.25, -0.2) is 0 Å². The number of aromatic nitrogens is 1. The van der Waals surface area contributed by atoms with Gasteiger partial charge in [0.1, 0.15) is 19.2 Å². The zero-order chi connectivity index (χ0) is 48.2. The Balaban J connectivity index is 1.20. The molecule has 2 aromatic heterocycles. The van der Waals surface area contributed by atoms with Gasteiger partial charge in [0.25, 0.3) is 0 Å². The lowest BCUT2D eigenvalue weighted by Gasteiger charge is -2.43. The van der Waals surface area contributed by atoms with Gasteiger partial charge in [-0.2, -0.15) is 0 Å². The topological polar surface area (TPSA) is 21.3 Å². The van der Waals surface area contributed by atoms with Gasteiger partial charge in [0.05, 0.1) is 11.0 Å². The Morgan fingerprint density at radius 2 is 1.23 bits per heavy atom. The smallest absolute Gasteiger partial charge is 0.333 e. The van der Waals surface area contributed by atoms with E-state index in [0.29, 0.717) is 0 Å². The van der Waals surface area contributed by atoms with Gasteiger partial charge in [-0.3, -0.25) is 0 Å². The molecule has 0 saturated heterocycles. The van der Waals surface area contributed by atoms with Crippen molar-refractivity contribution in [3.63, 3.8) is 0 Å². The Bertz CT molecular complexity index is 4180. The fourth-order valence-electron chi connectivity index (χ4n) is 14.0. The van der Waals surface area contributed by atoms with Crippen LogP contribution in [0.5, 0.6) is 0 Å². The van der Waals surface area contributed by atoms with Gasteiger partial charge < -0.3 is 13.8 Å². The first-order valence-corrected chi connectivity index (χ1v) is 28.1. The summed E-state index contributed by atoms with van der Waals surface area (Å²) in [5.74, 6) is 0. The van der Waals surface area contributed by atoms with E-state index in [-0.39, 0.29) is 23.1 Å². The monoisotopic (exact) mass is 930 g/mol. The number of fused-ring (bicyclic) bond motifs is 19. The molecule has 9 aromatic carbocycles. The summed E-state index contributed by atoms with van der Waals surface area (Å²) in [6, 6.07) is 65.9. The highest BCUT2D eigenvalue weighted by Crippen LogP contribution is 2.54. The van der Waals surface area contributed by atoms with Crippen LogP contribution >= 0.6 is 0 Å². The van der Waals surface area contributed by atoms with Crippen molar-refractivity contribution in [1.29, 1.82) is 0 Å². The van der Waals surface area contributed by atoms with Gasteiger partial charge >= 0.3 is 6.85 Å². The summed E-state index contributed by atoms with van der Waals surface area (Å²) in [6.45, 7) is 21.4. The molecule has 5 heteroatoms. The largest absolute Gasteiger partial charge is 0.456 e. The molecule has 0 radical (unpaired) electrons. The van der Waals surface area contributed by atoms with Gasteiger partial charge in [0.15, 0.2) is 0 Å². The van der Waals surface area contributed by atoms with Crippen molar-refractivity contribution in [1.82, 2.24) is 4.57 Å². The molecule has 0 fully saturated rings. The summed E-state index contributed by atoms with van der Waals surface area (Å²) < 4.78 is 9.65. The molecule has 15 rings (SSSR count). The van der Waals surface area contributed by atoms with E-state index in [1.807, 2.05) is 0 Å². The number of nitrogens with zero attached hydrogens (tertiary/aromatic N) is 2. The lowest BCUT2D eigenvalue weighted by atomic mass is 9.43. The van der Waals surface area contributed by atoms with Crippen molar-refractivity contribution in [2.45, 2.75) is 78.2 Å². The number of anilines is 2. The van der Waals surface area contributed by atoms with Gasteiger partial charge in [0.2, 0.25) is 0 Å². The van der Waals surface area contributed by atoms with Crippen molar-refractivity contribution in [2.24, 2.45) is 0 Å². The van der Waals surface area contributed by atoms with Crippen LogP contribution in [0.2, 0.25) is 6.55 Å². The minimum absolute atomic E-state index is 0.00718. The maximum Gasteiger partial charge on any atom is 0.333 e. The molecule has 1 atom stereocenters. The number of benzene rings is 9. The average molecular weight is 931 g/mol. The van der Waals surface area contributed by atoms with E-state index in [1.54, 1.807) is 0 Å². The number of rotatable bonds is 2. The maximum atomic E-state index is 6.92. The van der Waals surface area contributed by atoms with E-state index in [4.69, 9.17) is 4.42 Å². The molecule has 4 aliphatic rings. The number of hydrogen-bond donors (Lipinski definition) is 0. The second-order valence-corrected chi connectivity index (χ2v) is 27.6. The molecule has 0 amide bonds. The normalized spacial score (nSPS) is 16.9. The molecule has 1 aliphatic carbocycles. The Hall–Kier alpha value is -7.34. The molecule has 3 aliphatic heterocycles. The third-order valence-electron chi connectivity index (χ3n) is 17.5. The van der Waals surface area contributed by atoms with E-state index in [1.165, 1.54) is 121 Å².